The van der Waals surface area contributed by atoms with Crippen LogP contribution in [0.15, 0.2) is 18.2 Å². The smallest absolute Gasteiger partial charge is 0.410 e. The van der Waals surface area contributed by atoms with Gasteiger partial charge < -0.3 is 25.0 Å². The SMILES string of the molecule is C[C@@H](CN1CCN(C)CC1)Oc1nc(N2CC3CCC(C2)N3C(=O)OC(C)(C)C)c2cc(Cl)c(-c3ccc(F)c4sc(N)nc34)c(F)c2n1. The Morgan fingerprint density at radius 1 is 1.08 bits per heavy atom. The summed E-state index contributed by atoms with van der Waals surface area (Å²) in [5, 5.41) is 0.668. The summed E-state index contributed by atoms with van der Waals surface area (Å²) in [6, 6.07) is 4.19. The van der Waals surface area contributed by atoms with Crippen molar-refractivity contribution in [3.05, 3.63) is 34.9 Å². The van der Waals surface area contributed by atoms with Crippen LogP contribution < -0.4 is 15.4 Å². The Hall–Kier alpha value is -3.59. The van der Waals surface area contributed by atoms with Crippen molar-refractivity contribution in [1.29, 1.82) is 0 Å². The molecule has 262 valence electrons. The fourth-order valence-electron chi connectivity index (χ4n) is 7.19. The van der Waals surface area contributed by atoms with E-state index in [2.05, 4.69) is 31.7 Å². The topological polar surface area (TPSA) is 113 Å². The van der Waals surface area contributed by atoms with E-state index in [-0.39, 0.29) is 61.7 Å². The Kier molecular flexibility index (Phi) is 8.95. The molecule has 2 N–H and O–H groups in total. The number of likely N-dealkylation sites (N-methyl/N-ethyl adjacent to an activating group) is 1. The monoisotopic (exact) mass is 714 g/mol. The molecule has 5 heterocycles. The highest BCUT2D eigenvalue weighted by atomic mass is 35.5. The second-order valence-electron chi connectivity index (χ2n) is 14.3. The molecule has 0 radical (unpaired) electrons. The summed E-state index contributed by atoms with van der Waals surface area (Å²) in [5.41, 5.74) is 5.92. The number of hydrogen-bond acceptors (Lipinski definition) is 11. The fourth-order valence-corrected chi connectivity index (χ4v) is 8.25. The van der Waals surface area contributed by atoms with E-state index in [1.807, 2.05) is 32.6 Å². The van der Waals surface area contributed by atoms with Gasteiger partial charge in [-0.05, 0) is 65.8 Å². The van der Waals surface area contributed by atoms with Crippen LogP contribution in [0.3, 0.4) is 0 Å². The summed E-state index contributed by atoms with van der Waals surface area (Å²) >= 11 is 7.86. The van der Waals surface area contributed by atoms with Crippen LogP contribution in [0.5, 0.6) is 6.01 Å². The number of benzene rings is 2. The van der Waals surface area contributed by atoms with E-state index < -0.39 is 17.2 Å². The van der Waals surface area contributed by atoms with Gasteiger partial charge in [-0.15, -0.1) is 0 Å². The minimum absolute atomic E-state index is 0.0220. The summed E-state index contributed by atoms with van der Waals surface area (Å²) in [4.78, 5) is 35.5. The van der Waals surface area contributed by atoms with E-state index in [0.29, 0.717) is 36.4 Å². The van der Waals surface area contributed by atoms with Gasteiger partial charge in [0.1, 0.15) is 28.9 Å². The molecule has 0 saturated carbocycles. The molecule has 0 aliphatic carbocycles. The number of nitrogens with two attached hydrogens (primary N) is 1. The number of hydrogen-bond donors (Lipinski definition) is 1. The molecule has 15 heteroatoms. The number of amides is 1. The minimum atomic E-state index is -0.697. The largest absolute Gasteiger partial charge is 0.459 e. The maximum absolute atomic E-state index is 16.9. The first-order valence-corrected chi connectivity index (χ1v) is 17.8. The van der Waals surface area contributed by atoms with Crippen molar-refractivity contribution in [2.24, 2.45) is 0 Å². The number of nitrogens with zero attached hydrogens (tertiary/aromatic N) is 7. The minimum Gasteiger partial charge on any atom is -0.459 e. The zero-order valence-electron chi connectivity index (χ0n) is 28.3. The summed E-state index contributed by atoms with van der Waals surface area (Å²) in [5.74, 6) is -0.723. The molecule has 3 saturated heterocycles. The molecule has 2 aromatic heterocycles. The predicted molar refractivity (Wildman–Crippen MR) is 189 cm³/mol. The van der Waals surface area contributed by atoms with Crippen molar-refractivity contribution in [3.8, 4) is 17.1 Å². The van der Waals surface area contributed by atoms with E-state index in [9.17, 15) is 9.18 Å². The molecule has 1 amide bonds. The van der Waals surface area contributed by atoms with Crippen LogP contribution in [0.25, 0.3) is 32.2 Å². The molecule has 3 atom stereocenters. The molecule has 2 unspecified atom stereocenters. The lowest BCUT2D eigenvalue weighted by molar-refractivity contribution is 0.0122. The lowest BCUT2D eigenvalue weighted by Gasteiger charge is -2.42. The van der Waals surface area contributed by atoms with Crippen LogP contribution in [-0.2, 0) is 4.74 Å². The summed E-state index contributed by atoms with van der Waals surface area (Å²) in [6.45, 7) is 12.9. The third-order valence-electron chi connectivity index (χ3n) is 9.43. The molecule has 2 bridgehead atoms. The molecule has 3 aliphatic rings. The van der Waals surface area contributed by atoms with Gasteiger partial charge in [-0.2, -0.15) is 9.97 Å². The van der Waals surface area contributed by atoms with Crippen LogP contribution in [0.1, 0.15) is 40.5 Å². The van der Waals surface area contributed by atoms with Gasteiger partial charge >= 0.3 is 12.1 Å². The van der Waals surface area contributed by atoms with Crippen molar-refractivity contribution in [3.63, 3.8) is 0 Å². The second-order valence-corrected chi connectivity index (χ2v) is 15.7. The zero-order valence-corrected chi connectivity index (χ0v) is 29.9. The van der Waals surface area contributed by atoms with Gasteiger partial charge in [-0.3, -0.25) is 9.80 Å². The van der Waals surface area contributed by atoms with Crippen LogP contribution >= 0.6 is 22.9 Å². The quantitative estimate of drug-likeness (QED) is 0.254. The molecule has 4 aromatic rings. The first-order chi connectivity index (χ1) is 23.3. The van der Waals surface area contributed by atoms with Gasteiger partial charge in [0, 0.05) is 62.3 Å². The molecule has 3 fully saturated rings. The van der Waals surface area contributed by atoms with Crippen LogP contribution in [0, 0.1) is 11.6 Å². The fraction of sp³-hybridized carbons (Fsp3) is 0.529. The first-order valence-electron chi connectivity index (χ1n) is 16.6. The van der Waals surface area contributed by atoms with Crippen molar-refractivity contribution < 1.29 is 23.0 Å². The van der Waals surface area contributed by atoms with E-state index in [1.165, 1.54) is 12.1 Å². The van der Waals surface area contributed by atoms with Crippen LogP contribution in [0.2, 0.25) is 5.02 Å². The van der Waals surface area contributed by atoms with Crippen molar-refractivity contribution in [2.75, 3.05) is 63.5 Å². The van der Waals surface area contributed by atoms with Crippen molar-refractivity contribution in [2.45, 2.75) is 64.3 Å². The second kappa shape index (κ2) is 12.9. The van der Waals surface area contributed by atoms with Gasteiger partial charge in [0.2, 0.25) is 0 Å². The summed E-state index contributed by atoms with van der Waals surface area (Å²) in [6.07, 6.45) is 1.01. The lowest BCUT2D eigenvalue weighted by atomic mass is 10.0. The summed E-state index contributed by atoms with van der Waals surface area (Å²) in [7, 11) is 2.11. The number of thiazole rings is 1. The highest BCUT2D eigenvalue weighted by Gasteiger charge is 2.45. The van der Waals surface area contributed by atoms with E-state index >= 15 is 4.39 Å². The van der Waals surface area contributed by atoms with Gasteiger partial charge in [0.05, 0.1) is 27.3 Å². The third kappa shape index (κ3) is 6.67. The molecule has 3 aliphatic heterocycles. The molecule has 7 rings (SSSR count). The number of nitrogen functional groups attached to an aromatic ring is 1. The van der Waals surface area contributed by atoms with Gasteiger partial charge in [-0.1, -0.05) is 22.9 Å². The van der Waals surface area contributed by atoms with Crippen molar-refractivity contribution >= 4 is 61.1 Å². The van der Waals surface area contributed by atoms with Crippen LogP contribution in [0.4, 0.5) is 24.5 Å². The average Bonchev–Trinajstić information content (AvgIpc) is 3.55. The number of fused-ring (bicyclic) bond motifs is 4. The van der Waals surface area contributed by atoms with Gasteiger partial charge in [0.25, 0.3) is 0 Å². The third-order valence-corrected chi connectivity index (χ3v) is 10.6. The Morgan fingerprint density at radius 2 is 1.78 bits per heavy atom. The Labute approximate surface area is 292 Å². The van der Waals surface area contributed by atoms with Crippen molar-refractivity contribution in [1.82, 2.24) is 29.7 Å². The predicted octanol–water partition coefficient (Wildman–Crippen LogP) is 6.02. The standard InChI is InChI=1S/C34H41ClF2N8O3S/c1-18(15-43-12-10-42(5)11-13-43)47-32-40-27-22(14-23(35)25(26(27)37)21-8-9-24(36)29-28(21)39-31(38)49-29)30(41-32)44-16-19-6-7-20(17-44)45(19)33(46)48-34(2,3)4/h8-9,14,18-20H,6-7,10-13,15-17H2,1-5H3,(H2,38,39)/t18-,19?,20?/m0/s1. The average molecular weight is 715 g/mol. The number of halogens is 3. The highest BCUT2D eigenvalue weighted by Crippen LogP contribution is 2.44. The van der Waals surface area contributed by atoms with E-state index in [4.69, 9.17) is 31.8 Å². The number of piperazine rings is 2. The zero-order chi connectivity index (χ0) is 34.8. The molecule has 0 spiro atoms. The Bertz CT molecular complexity index is 1900. The van der Waals surface area contributed by atoms with Gasteiger partial charge in [-0.25, -0.2) is 18.6 Å². The molecule has 11 nitrogen and oxygen atoms in total. The van der Waals surface area contributed by atoms with E-state index in [1.54, 1.807) is 6.07 Å². The number of ether oxygens (including phenoxy) is 2. The highest BCUT2D eigenvalue weighted by molar-refractivity contribution is 7.22. The van der Waals surface area contributed by atoms with E-state index in [0.717, 1.165) is 50.4 Å². The Morgan fingerprint density at radius 3 is 2.45 bits per heavy atom. The number of anilines is 2. The molecular formula is C34H41ClF2N8O3S. The number of carbonyl (C=O) groups excluding carboxylic acids is 1. The Balaban J connectivity index is 1.29. The first kappa shape index (κ1) is 33.9. The maximum atomic E-state index is 16.9. The molecular weight excluding hydrogens is 674 g/mol. The number of rotatable bonds is 6. The summed E-state index contributed by atoms with van der Waals surface area (Å²) < 4.78 is 43.9. The molecule has 49 heavy (non-hydrogen) atoms. The maximum Gasteiger partial charge on any atom is 0.410 e. The normalized spacial score (nSPS) is 21.1. The lowest BCUT2D eigenvalue weighted by Crippen LogP contribution is -2.57. The number of carbonyl (C=O) groups is 1. The number of aromatic nitrogens is 3. The van der Waals surface area contributed by atoms with Gasteiger partial charge in [0.15, 0.2) is 10.9 Å². The molecule has 2 aromatic carbocycles. The van der Waals surface area contributed by atoms with Crippen LogP contribution in [-0.4, -0.2) is 112 Å².